The lowest BCUT2D eigenvalue weighted by molar-refractivity contribution is -0.164. The molecular formula is C25H44O4. The highest BCUT2D eigenvalue weighted by Crippen LogP contribution is 2.33. The molecule has 0 saturated heterocycles. The molecule has 0 spiro atoms. The number of allylic oxidation sites excluding steroid dienone is 2. The minimum atomic E-state index is -0.438. The summed E-state index contributed by atoms with van der Waals surface area (Å²) in [7, 11) is 0. The van der Waals surface area contributed by atoms with Gasteiger partial charge in [-0.05, 0) is 37.0 Å². The number of ether oxygens (including phenoxy) is 2. The Labute approximate surface area is 178 Å². The number of esters is 2. The van der Waals surface area contributed by atoms with Crippen molar-refractivity contribution < 1.29 is 19.1 Å². The molecule has 4 heteroatoms. The van der Waals surface area contributed by atoms with Crippen molar-refractivity contribution in [3.05, 3.63) is 12.2 Å². The second kappa shape index (κ2) is 14.6. The molecule has 0 aromatic heterocycles. The van der Waals surface area contributed by atoms with E-state index in [2.05, 4.69) is 27.7 Å². The summed E-state index contributed by atoms with van der Waals surface area (Å²) in [5.41, 5.74) is 0. The summed E-state index contributed by atoms with van der Waals surface area (Å²) < 4.78 is 11.4. The van der Waals surface area contributed by atoms with Gasteiger partial charge in [0.05, 0.1) is 25.0 Å². The zero-order valence-electron chi connectivity index (χ0n) is 19.5. The third-order valence-electron chi connectivity index (χ3n) is 6.41. The quantitative estimate of drug-likeness (QED) is 0.249. The standard InChI is InChI=1S/C25H44O4/c1-6-10-14-20(8-3)17-28-24(26)22-16-12-13-19(5)23(22)25(27)29-18-21(9-4)15-11-7-2/h12-13,19-23H,6-11,14-18H2,1-5H3. The number of rotatable bonds is 14. The van der Waals surface area contributed by atoms with Gasteiger partial charge >= 0.3 is 11.9 Å². The summed E-state index contributed by atoms with van der Waals surface area (Å²) in [4.78, 5) is 25.7. The van der Waals surface area contributed by atoms with E-state index >= 15 is 0 Å². The van der Waals surface area contributed by atoms with Gasteiger partial charge in [-0.2, -0.15) is 0 Å². The number of hydrogen-bond donors (Lipinski definition) is 0. The molecule has 0 bridgehead atoms. The summed E-state index contributed by atoms with van der Waals surface area (Å²) in [6.45, 7) is 11.5. The van der Waals surface area contributed by atoms with Gasteiger partial charge in [0.15, 0.2) is 0 Å². The highest BCUT2D eigenvalue weighted by molar-refractivity contribution is 5.83. The fraction of sp³-hybridized carbons (Fsp3) is 0.840. The lowest BCUT2D eigenvalue weighted by Crippen LogP contribution is -2.38. The van der Waals surface area contributed by atoms with Crippen molar-refractivity contribution in [1.82, 2.24) is 0 Å². The molecule has 168 valence electrons. The van der Waals surface area contributed by atoms with Crippen LogP contribution in [-0.4, -0.2) is 25.2 Å². The first-order valence-electron chi connectivity index (χ1n) is 12.0. The lowest BCUT2D eigenvalue weighted by atomic mass is 9.76. The second-order valence-corrected chi connectivity index (χ2v) is 8.75. The normalized spacial score (nSPS) is 23.4. The highest BCUT2D eigenvalue weighted by atomic mass is 16.5. The Morgan fingerprint density at radius 2 is 1.41 bits per heavy atom. The van der Waals surface area contributed by atoms with E-state index in [0.29, 0.717) is 31.5 Å². The van der Waals surface area contributed by atoms with E-state index in [1.807, 2.05) is 19.1 Å². The first-order chi connectivity index (χ1) is 14.0. The van der Waals surface area contributed by atoms with E-state index in [9.17, 15) is 9.59 Å². The first-order valence-corrected chi connectivity index (χ1v) is 12.0. The predicted molar refractivity (Wildman–Crippen MR) is 118 cm³/mol. The van der Waals surface area contributed by atoms with E-state index in [1.54, 1.807) is 0 Å². The van der Waals surface area contributed by atoms with Gasteiger partial charge in [-0.15, -0.1) is 0 Å². The molecule has 0 N–H and O–H groups in total. The molecule has 0 aromatic rings. The Morgan fingerprint density at radius 1 is 0.897 bits per heavy atom. The molecule has 1 aliphatic carbocycles. The fourth-order valence-corrected chi connectivity index (χ4v) is 4.09. The number of unbranched alkanes of at least 4 members (excludes halogenated alkanes) is 2. The summed E-state index contributed by atoms with van der Waals surface area (Å²) in [5.74, 6) is -0.541. The molecule has 0 amide bonds. The molecule has 5 atom stereocenters. The molecule has 4 nitrogen and oxygen atoms in total. The van der Waals surface area contributed by atoms with Gasteiger partial charge in [0, 0.05) is 0 Å². The van der Waals surface area contributed by atoms with Gasteiger partial charge in [0.2, 0.25) is 0 Å². The van der Waals surface area contributed by atoms with Gasteiger partial charge in [-0.25, -0.2) is 0 Å². The summed E-state index contributed by atoms with van der Waals surface area (Å²) in [6, 6.07) is 0. The Kier molecular flexibility index (Phi) is 13.0. The van der Waals surface area contributed by atoms with Crippen molar-refractivity contribution >= 4 is 11.9 Å². The van der Waals surface area contributed by atoms with Crippen molar-refractivity contribution in [3.63, 3.8) is 0 Å². The summed E-state index contributed by atoms with van der Waals surface area (Å²) >= 11 is 0. The molecule has 0 saturated carbocycles. The van der Waals surface area contributed by atoms with Crippen molar-refractivity contribution in [2.75, 3.05) is 13.2 Å². The van der Waals surface area contributed by atoms with Crippen LogP contribution in [0.15, 0.2) is 12.2 Å². The Morgan fingerprint density at radius 3 is 1.90 bits per heavy atom. The van der Waals surface area contributed by atoms with Gasteiger partial charge in [0.1, 0.15) is 0 Å². The second-order valence-electron chi connectivity index (χ2n) is 8.75. The topological polar surface area (TPSA) is 52.6 Å². The van der Waals surface area contributed by atoms with Gasteiger partial charge in [-0.3, -0.25) is 9.59 Å². The molecule has 29 heavy (non-hydrogen) atoms. The van der Waals surface area contributed by atoms with Crippen LogP contribution in [0, 0.1) is 29.6 Å². The highest BCUT2D eigenvalue weighted by Gasteiger charge is 2.40. The van der Waals surface area contributed by atoms with Crippen LogP contribution in [0.2, 0.25) is 0 Å². The van der Waals surface area contributed by atoms with E-state index < -0.39 is 11.8 Å². The van der Waals surface area contributed by atoms with Crippen LogP contribution in [0.4, 0.5) is 0 Å². The minimum Gasteiger partial charge on any atom is -0.465 e. The predicted octanol–water partition coefficient (Wildman–Crippen LogP) is 6.33. The number of carbonyl (C=O) groups excluding carboxylic acids is 2. The molecule has 1 aliphatic rings. The fourth-order valence-electron chi connectivity index (χ4n) is 4.09. The molecule has 0 radical (unpaired) electrons. The Hall–Kier alpha value is -1.32. The molecule has 5 unspecified atom stereocenters. The third kappa shape index (κ3) is 8.92. The zero-order valence-corrected chi connectivity index (χ0v) is 19.5. The first kappa shape index (κ1) is 25.7. The van der Waals surface area contributed by atoms with Gasteiger partial charge in [-0.1, -0.05) is 85.3 Å². The van der Waals surface area contributed by atoms with Crippen LogP contribution < -0.4 is 0 Å². The van der Waals surface area contributed by atoms with Crippen molar-refractivity contribution in [2.45, 2.75) is 92.4 Å². The van der Waals surface area contributed by atoms with E-state index in [4.69, 9.17) is 9.47 Å². The Balaban J connectivity index is 2.66. The number of carbonyl (C=O) groups is 2. The van der Waals surface area contributed by atoms with E-state index in [1.165, 1.54) is 0 Å². The van der Waals surface area contributed by atoms with Crippen LogP contribution in [0.3, 0.4) is 0 Å². The summed E-state index contributed by atoms with van der Waals surface area (Å²) in [5, 5.41) is 0. The molecule has 1 rings (SSSR count). The van der Waals surface area contributed by atoms with E-state index in [0.717, 1.165) is 51.4 Å². The van der Waals surface area contributed by atoms with Gasteiger partial charge < -0.3 is 9.47 Å². The number of hydrogen-bond acceptors (Lipinski definition) is 4. The summed E-state index contributed by atoms with van der Waals surface area (Å²) in [6.07, 6.45) is 13.4. The molecule has 0 aliphatic heterocycles. The maximum absolute atomic E-state index is 12.9. The van der Waals surface area contributed by atoms with Crippen LogP contribution in [0.1, 0.15) is 92.4 Å². The maximum Gasteiger partial charge on any atom is 0.310 e. The molecular weight excluding hydrogens is 364 g/mol. The SMILES string of the molecule is CCCCC(CC)COC(=O)C1CC=CC(C)C1C(=O)OCC(CC)CCCC. The largest absolute Gasteiger partial charge is 0.465 e. The molecule has 0 heterocycles. The molecule has 0 aromatic carbocycles. The van der Waals surface area contributed by atoms with Crippen molar-refractivity contribution in [2.24, 2.45) is 29.6 Å². The average molecular weight is 409 g/mol. The monoisotopic (exact) mass is 408 g/mol. The smallest absolute Gasteiger partial charge is 0.310 e. The zero-order chi connectivity index (χ0) is 21.6. The van der Waals surface area contributed by atoms with Crippen LogP contribution in [0.25, 0.3) is 0 Å². The van der Waals surface area contributed by atoms with E-state index in [-0.39, 0.29) is 17.9 Å². The minimum absolute atomic E-state index is 0.00779. The van der Waals surface area contributed by atoms with Crippen molar-refractivity contribution in [1.29, 1.82) is 0 Å². The lowest BCUT2D eigenvalue weighted by Gasteiger charge is -2.31. The van der Waals surface area contributed by atoms with Crippen LogP contribution >= 0.6 is 0 Å². The average Bonchev–Trinajstić information content (AvgIpc) is 2.73. The van der Waals surface area contributed by atoms with Gasteiger partial charge in [0.25, 0.3) is 0 Å². The van der Waals surface area contributed by atoms with Crippen LogP contribution in [0.5, 0.6) is 0 Å². The van der Waals surface area contributed by atoms with Crippen LogP contribution in [-0.2, 0) is 19.1 Å². The third-order valence-corrected chi connectivity index (χ3v) is 6.41. The maximum atomic E-state index is 12.9. The molecule has 0 fully saturated rings. The Bertz CT molecular complexity index is 499. The van der Waals surface area contributed by atoms with Crippen molar-refractivity contribution in [3.8, 4) is 0 Å².